The number of hydrogen-bond acceptors (Lipinski definition) is 3. The molecule has 0 aromatic rings. The molecule has 0 aliphatic carbocycles. The molecule has 7 heavy (non-hydrogen) atoms. The van der Waals surface area contributed by atoms with Crippen molar-refractivity contribution in [2.45, 2.75) is 0 Å². The van der Waals surface area contributed by atoms with Crippen molar-refractivity contribution in [2.75, 3.05) is 2.43 Å². The Morgan fingerprint density at radius 1 is 2.00 bits per heavy atom. The minimum absolute atomic E-state index is 0.374. The van der Waals surface area contributed by atoms with Gasteiger partial charge in [0.1, 0.15) is 0 Å². The van der Waals surface area contributed by atoms with Crippen LogP contribution >= 0.6 is 16.3 Å². The van der Waals surface area contributed by atoms with Gasteiger partial charge in [-0.15, -0.1) is 0 Å². The van der Waals surface area contributed by atoms with Gasteiger partial charge in [-0.05, 0) is 0 Å². The van der Waals surface area contributed by atoms with Crippen LogP contribution in [0.3, 0.4) is 0 Å². The Labute approximate surface area is 55.1 Å². The van der Waals surface area contributed by atoms with Crippen molar-refractivity contribution in [3.63, 3.8) is 0 Å². The summed E-state index contributed by atoms with van der Waals surface area (Å²) >= 11 is -0.610. The summed E-state index contributed by atoms with van der Waals surface area (Å²) in [6, 6.07) is 0. The summed E-state index contributed by atoms with van der Waals surface area (Å²) in [4.78, 5) is 0. The molecule has 0 amide bonds. The Morgan fingerprint density at radius 2 is 2.57 bits per heavy atom. The molecule has 1 aliphatic heterocycles. The van der Waals surface area contributed by atoms with Crippen molar-refractivity contribution < 1.29 is 25.7 Å². The summed E-state index contributed by atoms with van der Waals surface area (Å²) in [7, 11) is 0. The third-order valence-electron chi connectivity index (χ3n) is 0.343. The van der Waals surface area contributed by atoms with E-state index >= 15 is 0 Å². The predicted octanol–water partition coefficient (Wildman–Crippen LogP) is -4.43. The molecule has 0 saturated carbocycles. The number of hydrogen-bond donors (Lipinski definition) is 2. The van der Waals surface area contributed by atoms with Gasteiger partial charge in [0.15, 0.2) is 0 Å². The molecule has 0 aromatic carbocycles. The summed E-state index contributed by atoms with van der Waals surface area (Å²) in [5.74, 6) is 4.73. The van der Waals surface area contributed by atoms with Gasteiger partial charge in [0.25, 0.3) is 0 Å². The fourth-order valence-electron chi connectivity index (χ4n) is 0.139. The molecule has 1 unspecified atom stereocenters. The van der Waals surface area contributed by atoms with E-state index < -0.39 is 21.6 Å². The number of nitrogens with two attached hydrogens (primary N) is 1. The van der Waals surface area contributed by atoms with E-state index in [1.165, 1.54) is 2.43 Å². The van der Waals surface area contributed by atoms with E-state index in [0.29, 0.717) is 17.2 Å². The van der Waals surface area contributed by atoms with Crippen LogP contribution in [0.2, 0.25) is 0 Å². The van der Waals surface area contributed by atoms with Gasteiger partial charge in [-0.1, -0.05) is 0 Å². The fraction of sp³-hybridized carbons (Fsp3) is 1.00. The van der Waals surface area contributed by atoms with Crippen LogP contribution in [0.1, 0.15) is 0 Å². The molecule has 1 saturated heterocycles. The molecule has 46 valence electrons. The molecule has 0 spiro atoms. The fourth-order valence-corrected chi connectivity index (χ4v) is 8.22. The van der Waals surface area contributed by atoms with Crippen LogP contribution in [0.25, 0.3) is 0 Å². The first-order valence-electron chi connectivity index (χ1n) is 1.53. The predicted molar refractivity (Wildman–Crippen MR) is 28.5 cm³/mol. The van der Waals surface area contributed by atoms with Gasteiger partial charge in [-0.25, -0.2) is 0 Å². The van der Waals surface area contributed by atoms with Gasteiger partial charge >= 0.3 is 55.5 Å². The van der Waals surface area contributed by atoms with Crippen LogP contribution in [0.15, 0.2) is 0 Å². The zero-order chi connectivity index (χ0) is 5.28. The molecule has 1 atom stereocenters. The Kier molecular flexibility index (Phi) is 2.50. The third kappa shape index (κ3) is 2.98. The SMILES string of the molecule is N[NH+]([O-])OI1C[I-]1. The molecular weight excluding hydrogens is 326 g/mol. The van der Waals surface area contributed by atoms with E-state index in [0.717, 1.165) is 0 Å². The van der Waals surface area contributed by atoms with Crippen LogP contribution in [-0.2, 0) is 3.17 Å². The average Bonchev–Trinajstić information content (AvgIpc) is 2.17. The Morgan fingerprint density at radius 3 is 2.71 bits per heavy atom. The van der Waals surface area contributed by atoms with E-state index in [4.69, 9.17) is 9.01 Å². The molecule has 0 radical (unpaired) electrons. The maximum atomic E-state index is 9.91. The molecule has 0 bridgehead atoms. The molecule has 1 heterocycles. The molecule has 0 aromatic heterocycles. The Balaban J connectivity index is 1.97. The van der Waals surface area contributed by atoms with Crippen LogP contribution in [0.5, 0.6) is 0 Å². The molecule has 3 N–H and O–H groups in total. The van der Waals surface area contributed by atoms with Crippen molar-refractivity contribution in [2.24, 2.45) is 5.84 Å². The Hall–Kier alpha value is 1.30. The molecule has 4 nitrogen and oxygen atoms in total. The zero-order valence-corrected chi connectivity index (χ0v) is 7.67. The second-order valence-corrected chi connectivity index (χ2v) is 17.8. The molecule has 1 rings (SSSR count). The number of quaternary nitrogens is 1. The molecule has 1 fully saturated rings. The number of halogens is 2. The summed E-state index contributed by atoms with van der Waals surface area (Å²) in [6.45, 7) is 0. The Bertz CT molecular complexity index is 64.7. The monoisotopic (exact) mass is 331 g/mol. The minimum atomic E-state index is -0.984. The van der Waals surface area contributed by atoms with E-state index in [2.05, 4.69) is 0 Å². The summed E-state index contributed by atoms with van der Waals surface area (Å²) in [6.07, 6.45) is 0. The van der Waals surface area contributed by atoms with Crippen molar-refractivity contribution >= 4 is 16.3 Å². The van der Waals surface area contributed by atoms with Crippen molar-refractivity contribution in [3.8, 4) is 0 Å². The van der Waals surface area contributed by atoms with Crippen molar-refractivity contribution in [1.29, 1.82) is 0 Å². The normalized spacial score (nSPS) is 28.6. The summed E-state index contributed by atoms with van der Waals surface area (Å²) < 4.78 is 5.96. The van der Waals surface area contributed by atoms with Crippen LogP contribution in [0.4, 0.5) is 0 Å². The average molecular weight is 331 g/mol. The summed E-state index contributed by atoms with van der Waals surface area (Å²) in [5.41, 5.74) is 0. The van der Waals surface area contributed by atoms with Crippen LogP contribution in [0, 0.1) is 5.21 Å². The second-order valence-electron chi connectivity index (χ2n) is 0.867. The number of alkyl halides is 2. The van der Waals surface area contributed by atoms with Gasteiger partial charge in [0.2, 0.25) is 0 Å². The van der Waals surface area contributed by atoms with E-state index in [1.807, 2.05) is 0 Å². The van der Waals surface area contributed by atoms with Crippen molar-refractivity contribution in [1.82, 2.24) is 0 Å². The van der Waals surface area contributed by atoms with E-state index in [9.17, 15) is 5.21 Å². The van der Waals surface area contributed by atoms with Gasteiger partial charge in [0.05, 0.1) is 0 Å². The van der Waals surface area contributed by atoms with Gasteiger partial charge in [0, 0.05) is 0 Å². The zero-order valence-electron chi connectivity index (χ0n) is 3.36. The molecule has 1 aliphatic rings. The standard InChI is InChI=1S/CH5I2N2O2/c4-5(6)7-3-1-2-3/h5H,1,4H2/q-1. The summed E-state index contributed by atoms with van der Waals surface area (Å²) in [5, 5.41) is 9.35. The van der Waals surface area contributed by atoms with Gasteiger partial charge < -0.3 is 0 Å². The molecular formula is CH5I2N2O2-. The maximum absolute atomic E-state index is 9.91. The molecule has 6 heteroatoms. The quantitative estimate of drug-likeness (QED) is 0.232. The van der Waals surface area contributed by atoms with Gasteiger partial charge in [-0.3, -0.25) is 0 Å². The van der Waals surface area contributed by atoms with Crippen molar-refractivity contribution in [3.05, 3.63) is 5.21 Å². The first-order valence-corrected chi connectivity index (χ1v) is 11.7. The van der Waals surface area contributed by atoms with Crippen LogP contribution < -0.4 is 28.4 Å². The number of rotatable bonds is 2. The second kappa shape index (κ2) is 2.73. The first kappa shape index (κ1) is 6.42. The van der Waals surface area contributed by atoms with Crippen LogP contribution in [-0.4, -0.2) is 2.43 Å². The topological polar surface area (TPSA) is 62.8 Å². The van der Waals surface area contributed by atoms with E-state index in [1.54, 1.807) is 0 Å². The first-order chi connectivity index (χ1) is 3.29. The van der Waals surface area contributed by atoms with Gasteiger partial charge in [-0.2, -0.15) is 0 Å². The van der Waals surface area contributed by atoms with E-state index in [-0.39, 0.29) is 0 Å². The number of nitrogens with one attached hydrogen (secondary N) is 1. The third-order valence-corrected chi connectivity index (χ3v) is 10.4.